The lowest BCUT2D eigenvalue weighted by atomic mass is 9.46. The van der Waals surface area contributed by atoms with Crippen molar-refractivity contribution in [3.05, 3.63) is 0 Å². The number of hydrogen-bond acceptors (Lipinski definition) is 2. The van der Waals surface area contributed by atoms with Gasteiger partial charge in [0.25, 0.3) is 0 Å². The quantitative estimate of drug-likeness (QED) is 0.816. The number of nitrogens with two attached hydrogens (primary N) is 1. The van der Waals surface area contributed by atoms with Gasteiger partial charge in [0.1, 0.15) is 0 Å². The van der Waals surface area contributed by atoms with E-state index >= 15 is 0 Å². The molecule has 1 unspecified atom stereocenters. The molecule has 5 rings (SSSR count). The van der Waals surface area contributed by atoms with Gasteiger partial charge in [0.05, 0.1) is 5.41 Å². The van der Waals surface area contributed by atoms with Crippen LogP contribution in [-0.4, -0.2) is 19.0 Å². The molecule has 1 saturated heterocycles. The van der Waals surface area contributed by atoms with Crippen LogP contribution in [0.2, 0.25) is 0 Å². The van der Waals surface area contributed by atoms with E-state index in [-0.39, 0.29) is 5.41 Å². The molecule has 3 N–H and O–H groups in total. The average Bonchev–Trinajstić information content (AvgIpc) is 2.71. The maximum absolute atomic E-state index is 12.5. The minimum absolute atomic E-state index is 0.0998. The fourth-order valence-corrected chi connectivity index (χ4v) is 6.50. The summed E-state index contributed by atoms with van der Waals surface area (Å²) in [5.74, 6) is 4.59. The van der Waals surface area contributed by atoms with Crippen molar-refractivity contribution in [1.82, 2.24) is 5.32 Å². The van der Waals surface area contributed by atoms with Crippen LogP contribution in [0, 0.1) is 35.0 Å². The van der Waals surface area contributed by atoms with Gasteiger partial charge in [-0.2, -0.15) is 0 Å². The molecule has 4 saturated carbocycles. The predicted molar refractivity (Wildman–Crippen MR) is 74.3 cm³/mol. The van der Waals surface area contributed by atoms with Crippen molar-refractivity contribution in [2.24, 2.45) is 40.7 Å². The molecule has 1 amide bonds. The van der Waals surface area contributed by atoms with Gasteiger partial charge in [-0.1, -0.05) is 0 Å². The monoisotopic (exact) mass is 262 g/mol. The number of hydrogen-bond donors (Lipinski definition) is 2. The van der Waals surface area contributed by atoms with E-state index in [0.717, 1.165) is 43.1 Å². The van der Waals surface area contributed by atoms with Crippen LogP contribution in [0.3, 0.4) is 0 Å². The average molecular weight is 262 g/mol. The molecular weight excluding hydrogens is 236 g/mol. The molecule has 19 heavy (non-hydrogen) atoms. The molecule has 4 bridgehead atoms. The first-order valence-electron chi connectivity index (χ1n) is 8.21. The zero-order chi connectivity index (χ0) is 13.0. The second kappa shape index (κ2) is 4.21. The summed E-state index contributed by atoms with van der Waals surface area (Å²) in [6.07, 6.45) is 9.03. The van der Waals surface area contributed by atoms with Crippen LogP contribution in [0.1, 0.15) is 44.9 Å². The Morgan fingerprint density at radius 2 is 1.74 bits per heavy atom. The third kappa shape index (κ3) is 1.63. The number of carbonyl (C=O) groups excluding carboxylic acids is 1. The second-order valence-corrected chi connectivity index (χ2v) is 7.66. The Morgan fingerprint density at radius 1 is 1.11 bits per heavy atom. The Balaban J connectivity index is 1.68. The number of nitrogens with one attached hydrogen (secondary N) is 1. The van der Waals surface area contributed by atoms with E-state index in [1.54, 1.807) is 0 Å². The van der Waals surface area contributed by atoms with Gasteiger partial charge < -0.3 is 11.1 Å². The predicted octanol–water partition coefficient (Wildman–Crippen LogP) is 1.91. The van der Waals surface area contributed by atoms with E-state index in [4.69, 9.17) is 5.73 Å². The maximum Gasteiger partial charge on any atom is 0.226 e. The van der Waals surface area contributed by atoms with Gasteiger partial charge in [0.2, 0.25) is 5.91 Å². The molecule has 1 aliphatic heterocycles. The number of amides is 1. The SMILES string of the molecule is NCCC1(C2C3CC4CC(C3)CC2C4)CCNC1=O. The zero-order valence-electron chi connectivity index (χ0n) is 11.7. The van der Waals surface area contributed by atoms with Crippen LogP contribution in [-0.2, 0) is 4.79 Å². The molecule has 106 valence electrons. The highest BCUT2D eigenvalue weighted by atomic mass is 16.2. The van der Waals surface area contributed by atoms with Crippen LogP contribution in [0.5, 0.6) is 0 Å². The molecule has 0 spiro atoms. The Kier molecular flexibility index (Phi) is 2.70. The van der Waals surface area contributed by atoms with Crippen molar-refractivity contribution in [2.75, 3.05) is 13.1 Å². The van der Waals surface area contributed by atoms with Crippen molar-refractivity contribution in [2.45, 2.75) is 44.9 Å². The topological polar surface area (TPSA) is 55.1 Å². The van der Waals surface area contributed by atoms with Gasteiger partial charge in [-0.25, -0.2) is 0 Å². The third-order valence-electron chi connectivity index (χ3n) is 6.76. The van der Waals surface area contributed by atoms with Crippen LogP contribution in [0.25, 0.3) is 0 Å². The largest absolute Gasteiger partial charge is 0.356 e. The molecule has 3 heteroatoms. The second-order valence-electron chi connectivity index (χ2n) is 7.66. The van der Waals surface area contributed by atoms with E-state index in [0.29, 0.717) is 18.4 Å². The smallest absolute Gasteiger partial charge is 0.226 e. The molecular formula is C16H26N2O. The highest BCUT2D eigenvalue weighted by molar-refractivity contribution is 5.85. The molecule has 5 aliphatic rings. The first-order valence-corrected chi connectivity index (χ1v) is 8.21. The van der Waals surface area contributed by atoms with E-state index < -0.39 is 0 Å². The van der Waals surface area contributed by atoms with E-state index in [1.165, 1.54) is 32.1 Å². The molecule has 3 nitrogen and oxygen atoms in total. The molecule has 1 atom stereocenters. The van der Waals surface area contributed by atoms with Crippen LogP contribution in [0.4, 0.5) is 0 Å². The summed E-state index contributed by atoms with van der Waals surface area (Å²) in [6, 6.07) is 0. The summed E-state index contributed by atoms with van der Waals surface area (Å²) in [4.78, 5) is 12.5. The van der Waals surface area contributed by atoms with Crippen LogP contribution in [0.15, 0.2) is 0 Å². The normalized spacial score (nSPS) is 51.6. The molecule has 0 aromatic rings. The Morgan fingerprint density at radius 3 is 2.21 bits per heavy atom. The van der Waals surface area contributed by atoms with Crippen LogP contribution >= 0.6 is 0 Å². The summed E-state index contributed by atoms with van der Waals surface area (Å²) in [6.45, 7) is 1.54. The summed E-state index contributed by atoms with van der Waals surface area (Å²) in [5.41, 5.74) is 5.77. The Bertz CT molecular complexity index is 366. The van der Waals surface area contributed by atoms with Crippen molar-refractivity contribution in [3.63, 3.8) is 0 Å². The van der Waals surface area contributed by atoms with Crippen molar-refractivity contribution >= 4 is 5.91 Å². The van der Waals surface area contributed by atoms with Gasteiger partial charge in [-0.15, -0.1) is 0 Å². The fourth-order valence-electron chi connectivity index (χ4n) is 6.50. The van der Waals surface area contributed by atoms with E-state index in [2.05, 4.69) is 5.32 Å². The van der Waals surface area contributed by atoms with Gasteiger partial charge in [0, 0.05) is 6.54 Å². The number of carbonyl (C=O) groups is 1. The molecule has 0 aromatic carbocycles. The Labute approximate surface area is 115 Å². The van der Waals surface area contributed by atoms with Gasteiger partial charge in [0.15, 0.2) is 0 Å². The van der Waals surface area contributed by atoms with Gasteiger partial charge in [-0.3, -0.25) is 4.79 Å². The lowest BCUT2D eigenvalue weighted by Crippen LogP contribution is -2.54. The molecule has 0 aromatic heterocycles. The highest BCUT2D eigenvalue weighted by Gasteiger charge is 2.59. The minimum atomic E-state index is -0.0998. The highest BCUT2D eigenvalue weighted by Crippen LogP contribution is 2.62. The number of rotatable bonds is 3. The van der Waals surface area contributed by atoms with Crippen LogP contribution < -0.4 is 11.1 Å². The molecule has 1 heterocycles. The first kappa shape index (κ1) is 12.2. The molecule has 0 radical (unpaired) electrons. The lowest BCUT2D eigenvalue weighted by molar-refractivity contribution is -0.145. The molecule has 5 fully saturated rings. The van der Waals surface area contributed by atoms with Gasteiger partial charge in [-0.05, 0) is 81.1 Å². The van der Waals surface area contributed by atoms with E-state index in [1.807, 2.05) is 0 Å². The van der Waals surface area contributed by atoms with Crippen molar-refractivity contribution in [3.8, 4) is 0 Å². The standard InChI is InChI=1S/C16H26N2O/c17-3-1-16(2-4-18-15(16)19)14-12-6-10-5-11(8-12)9-13(14)7-10/h10-14H,1-9,17H2,(H,18,19). The lowest BCUT2D eigenvalue weighted by Gasteiger charge is -2.58. The van der Waals surface area contributed by atoms with E-state index in [9.17, 15) is 4.79 Å². The summed E-state index contributed by atoms with van der Waals surface area (Å²) >= 11 is 0. The van der Waals surface area contributed by atoms with Gasteiger partial charge >= 0.3 is 0 Å². The summed E-state index contributed by atoms with van der Waals surface area (Å²) < 4.78 is 0. The van der Waals surface area contributed by atoms with Crippen molar-refractivity contribution < 1.29 is 4.79 Å². The maximum atomic E-state index is 12.5. The fraction of sp³-hybridized carbons (Fsp3) is 0.938. The Hall–Kier alpha value is -0.570. The minimum Gasteiger partial charge on any atom is -0.356 e. The third-order valence-corrected chi connectivity index (χ3v) is 6.76. The summed E-state index contributed by atoms with van der Waals surface area (Å²) in [7, 11) is 0. The van der Waals surface area contributed by atoms with Crippen molar-refractivity contribution in [1.29, 1.82) is 0 Å². The first-order chi connectivity index (χ1) is 9.23. The molecule has 4 aliphatic carbocycles. The zero-order valence-corrected chi connectivity index (χ0v) is 11.7. The summed E-state index contributed by atoms with van der Waals surface area (Å²) in [5, 5.41) is 3.11.